The van der Waals surface area contributed by atoms with Crippen molar-refractivity contribution in [1.82, 2.24) is 0 Å². The van der Waals surface area contributed by atoms with Gasteiger partial charge in [-0.1, -0.05) is 41.9 Å². The van der Waals surface area contributed by atoms with Crippen molar-refractivity contribution in [3.05, 3.63) is 64.2 Å². The maximum Gasteiger partial charge on any atom is 0.132 e. The van der Waals surface area contributed by atoms with Crippen molar-refractivity contribution >= 4 is 23.1 Å². The molecule has 2 aromatic rings. The monoisotopic (exact) mass is 258 g/mol. The molecular formula is C15H15ClN2. The maximum atomic E-state index is 6.10. The third-order valence-corrected chi connectivity index (χ3v) is 3.15. The molecule has 0 fully saturated rings. The SMILES string of the molecule is Cc1cccc(C)c1N=C(N)c1ccccc1Cl. The zero-order valence-electron chi connectivity index (χ0n) is 10.4. The van der Waals surface area contributed by atoms with Crippen LogP contribution in [-0.4, -0.2) is 5.84 Å². The fraction of sp³-hybridized carbons (Fsp3) is 0.133. The molecule has 0 heterocycles. The van der Waals surface area contributed by atoms with Crippen LogP contribution >= 0.6 is 11.6 Å². The molecule has 2 N–H and O–H groups in total. The first-order valence-electron chi connectivity index (χ1n) is 5.75. The van der Waals surface area contributed by atoms with Crippen LogP contribution in [0.4, 0.5) is 5.69 Å². The summed E-state index contributed by atoms with van der Waals surface area (Å²) in [5.41, 5.74) is 9.91. The van der Waals surface area contributed by atoms with Gasteiger partial charge in [-0.15, -0.1) is 0 Å². The van der Waals surface area contributed by atoms with E-state index in [-0.39, 0.29) is 0 Å². The van der Waals surface area contributed by atoms with E-state index in [1.54, 1.807) is 0 Å². The molecule has 0 bridgehead atoms. The molecule has 0 aliphatic carbocycles. The van der Waals surface area contributed by atoms with Crippen molar-refractivity contribution in [2.24, 2.45) is 10.7 Å². The molecule has 0 atom stereocenters. The highest BCUT2D eigenvalue weighted by Crippen LogP contribution is 2.24. The Hall–Kier alpha value is -1.80. The summed E-state index contributed by atoms with van der Waals surface area (Å²) < 4.78 is 0. The van der Waals surface area contributed by atoms with Gasteiger partial charge in [0.1, 0.15) is 5.84 Å². The van der Waals surface area contributed by atoms with E-state index >= 15 is 0 Å². The van der Waals surface area contributed by atoms with Crippen LogP contribution in [0.15, 0.2) is 47.5 Å². The highest BCUT2D eigenvalue weighted by molar-refractivity contribution is 6.34. The van der Waals surface area contributed by atoms with Crippen molar-refractivity contribution in [3.8, 4) is 0 Å². The normalized spacial score (nSPS) is 11.6. The van der Waals surface area contributed by atoms with Crippen LogP contribution in [0.3, 0.4) is 0 Å². The second kappa shape index (κ2) is 5.23. The second-order valence-corrected chi connectivity index (χ2v) is 4.62. The molecule has 0 aromatic heterocycles. The minimum Gasteiger partial charge on any atom is -0.383 e. The lowest BCUT2D eigenvalue weighted by molar-refractivity contribution is 1.31. The average molecular weight is 259 g/mol. The van der Waals surface area contributed by atoms with Crippen molar-refractivity contribution in [2.45, 2.75) is 13.8 Å². The van der Waals surface area contributed by atoms with Crippen LogP contribution < -0.4 is 5.73 Å². The summed E-state index contributed by atoms with van der Waals surface area (Å²) in [7, 11) is 0. The Morgan fingerprint density at radius 2 is 1.61 bits per heavy atom. The molecule has 0 saturated heterocycles. The van der Waals surface area contributed by atoms with Gasteiger partial charge in [0, 0.05) is 5.56 Å². The summed E-state index contributed by atoms with van der Waals surface area (Å²) in [6, 6.07) is 13.5. The molecule has 0 spiro atoms. The average Bonchev–Trinajstić information content (AvgIpc) is 2.34. The van der Waals surface area contributed by atoms with Crippen molar-refractivity contribution in [2.75, 3.05) is 0 Å². The third-order valence-electron chi connectivity index (χ3n) is 2.82. The number of halogens is 1. The molecule has 3 heteroatoms. The molecule has 2 rings (SSSR count). The van der Waals surface area contributed by atoms with Gasteiger partial charge in [-0.3, -0.25) is 0 Å². The van der Waals surface area contributed by atoms with Gasteiger partial charge in [-0.2, -0.15) is 0 Å². The van der Waals surface area contributed by atoms with Crippen LogP contribution in [0, 0.1) is 13.8 Å². The van der Waals surface area contributed by atoms with Gasteiger partial charge in [0.25, 0.3) is 0 Å². The standard InChI is InChI=1S/C15H15ClN2/c1-10-6-5-7-11(2)14(10)18-15(17)12-8-3-4-9-13(12)16/h3-9H,1-2H3,(H2,17,18). The van der Waals surface area contributed by atoms with E-state index in [4.69, 9.17) is 17.3 Å². The Morgan fingerprint density at radius 1 is 1.00 bits per heavy atom. The molecular weight excluding hydrogens is 244 g/mol. The summed E-state index contributed by atoms with van der Waals surface area (Å²) in [4.78, 5) is 4.50. The van der Waals surface area contributed by atoms with Crippen molar-refractivity contribution < 1.29 is 0 Å². The minimum atomic E-state index is 0.443. The highest BCUT2D eigenvalue weighted by atomic mass is 35.5. The largest absolute Gasteiger partial charge is 0.383 e. The Labute approximate surface area is 112 Å². The molecule has 92 valence electrons. The topological polar surface area (TPSA) is 38.4 Å². The van der Waals surface area contributed by atoms with E-state index in [1.807, 2.05) is 56.3 Å². The summed E-state index contributed by atoms with van der Waals surface area (Å²) in [6.45, 7) is 4.04. The fourth-order valence-corrected chi connectivity index (χ4v) is 2.06. The summed E-state index contributed by atoms with van der Waals surface area (Å²) in [5.74, 6) is 0.443. The lowest BCUT2D eigenvalue weighted by Gasteiger charge is -2.07. The molecule has 0 aliphatic heterocycles. The number of hydrogen-bond donors (Lipinski definition) is 1. The number of aryl methyl sites for hydroxylation is 2. The van der Waals surface area contributed by atoms with Gasteiger partial charge < -0.3 is 5.73 Å². The zero-order valence-corrected chi connectivity index (χ0v) is 11.2. The molecule has 0 unspecified atom stereocenters. The van der Waals surface area contributed by atoms with Crippen molar-refractivity contribution in [3.63, 3.8) is 0 Å². The van der Waals surface area contributed by atoms with Crippen LogP contribution in [0.2, 0.25) is 5.02 Å². The van der Waals surface area contributed by atoms with Gasteiger partial charge in [-0.05, 0) is 37.1 Å². The molecule has 0 amide bonds. The quantitative estimate of drug-likeness (QED) is 0.642. The Balaban J connectivity index is 2.49. The van der Waals surface area contributed by atoms with E-state index in [1.165, 1.54) is 0 Å². The molecule has 2 nitrogen and oxygen atoms in total. The minimum absolute atomic E-state index is 0.443. The number of aliphatic imine (C=N–C) groups is 1. The molecule has 18 heavy (non-hydrogen) atoms. The number of para-hydroxylation sites is 1. The number of hydrogen-bond acceptors (Lipinski definition) is 1. The lowest BCUT2D eigenvalue weighted by Crippen LogP contribution is -2.13. The smallest absolute Gasteiger partial charge is 0.132 e. The first-order chi connectivity index (χ1) is 8.59. The Morgan fingerprint density at radius 3 is 2.22 bits per heavy atom. The summed E-state index contributed by atoms with van der Waals surface area (Å²) >= 11 is 6.10. The fourth-order valence-electron chi connectivity index (χ4n) is 1.83. The van der Waals surface area contributed by atoms with Gasteiger partial charge in [0.05, 0.1) is 10.7 Å². The lowest BCUT2D eigenvalue weighted by atomic mass is 10.1. The molecule has 0 aliphatic rings. The predicted molar refractivity (Wildman–Crippen MR) is 77.8 cm³/mol. The van der Waals surface area contributed by atoms with Gasteiger partial charge >= 0.3 is 0 Å². The van der Waals surface area contributed by atoms with Gasteiger partial charge in [0.15, 0.2) is 0 Å². The number of benzene rings is 2. The van der Waals surface area contributed by atoms with Gasteiger partial charge in [-0.25, -0.2) is 4.99 Å². The van der Waals surface area contributed by atoms with E-state index in [9.17, 15) is 0 Å². The molecule has 0 radical (unpaired) electrons. The summed E-state index contributed by atoms with van der Waals surface area (Å²) in [6.07, 6.45) is 0. The van der Waals surface area contributed by atoms with E-state index in [2.05, 4.69) is 4.99 Å². The second-order valence-electron chi connectivity index (χ2n) is 4.22. The zero-order chi connectivity index (χ0) is 13.1. The Bertz CT molecular complexity index is 583. The number of amidine groups is 1. The van der Waals surface area contributed by atoms with Gasteiger partial charge in [0.2, 0.25) is 0 Å². The van der Waals surface area contributed by atoms with E-state index in [0.717, 1.165) is 22.4 Å². The van der Waals surface area contributed by atoms with Crippen LogP contribution in [0.25, 0.3) is 0 Å². The summed E-state index contributed by atoms with van der Waals surface area (Å²) in [5, 5.41) is 0.616. The van der Waals surface area contributed by atoms with Crippen LogP contribution in [0.5, 0.6) is 0 Å². The van der Waals surface area contributed by atoms with Crippen molar-refractivity contribution in [1.29, 1.82) is 0 Å². The maximum absolute atomic E-state index is 6.10. The van der Waals surface area contributed by atoms with E-state index < -0.39 is 0 Å². The predicted octanol–water partition coefficient (Wildman–Crippen LogP) is 3.99. The third kappa shape index (κ3) is 2.54. The van der Waals surface area contributed by atoms with E-state index in [0.29, 0.717) is 10.9 Å². The Kier molecular flexibility index (Phi) is 3.68. The number of rotatable bonds is 2. The van der Waals surface area contributed by atoms with Crippen LogP contribution in [0.1, 0.15) is 16.7 Å². The first-order valence-corrected chi connectivity index (χ1v) is 6.12. The highest BCUT2D eigenvalue weighted by Gasteiger charge is 2.06. The number of nitrogens with zero attached hydrogens (tertiary/aromatic N) is 1. The number of nitrogens with two attached hydrogens (primary N) is 1. The molecule has 2 aromatic carbocycles. The van der Waals surface area contributed by atoms with Crippen LogP contribution in [-0.2, 0) is 0 Å². The molecule has 0 saturated carbocycles. The first kappa shape index (κ1) is 12.7.